The average molecular weight is 140 g/mol. The van der Waals surface area contributed by atoms with Crippen molar-refractivity contribution in [2.45, 2.75) is 0 Å². The molecule has 1 aliphatic heterocycles. The van der Waals surface area contributed by atoms with Gasteiger partial charge in [0.05, 0.1) is 19.8 Å². The molecule has 3 nitrogen and oxygen atoms in total. The van der Waals surface area contributed by atoms with Gasteiger partial charge in [0, 0.05) is 6.54 Å². The summed E-state index contributed by atoms with van der Waals surface area (Å²) < 4.78 is 5.01. The normalized spacial score (nSPS) is 21.0. The zero-order valence-electron chi connectivity index (χ0n) is 4.55. The highest BCUT2D eigenvalue weighted by Gasteiger charge is 1.93. The van der Waals surface area contributed by atoms with Crippen molar-refractivity contribution in [1.82, 2.24) is 5.48 Å². The first kappa shape index (κ1) is 8.17. The topological polar surface area (TPSA) is 30.5 Å². The van der Waals surface area contributed by atoms with Crippen LogP contribution in [0.15, 0.2) is 0 Å². The Morgan fingerprint density at radius 1 is 1.12 bits per heavy atom. The minimum Gasteiger partial charge on any atom is -0.378 e. The molecule has 1 N–H and O–H groups in total. The second-order valence-electron chi connectivity index (χ2n) is 1.36. The van der Waals surface area contributed by atoms with Gasteiger partial charge in [0.15, 0.2) is 0 Å². The molecule has 0 amide bonds. The Balaban J connectivity index is 0.000000490. The molecule has 8 heavy (non-hydrogen) atoms. The number of hydrogen-bond donors (Lipinski definition) is 1. The lowest BCUT2D eigenvalue weighted by Gasteiger charge is -1.92. The van der Waals surface area contributed by atoms with E-state index in [1.54, 1.807) is 0 Å². The van der Waals surface area contributed by atoms with Gasteiger partial charge in [-0.05, 0) is 0 Å². The van der Waals surface area contributed by atoms with E-state index in [0.717, 1.165) is 13.2 Å². The van der Waals surface area contributed by atoms with Gasteiger partial charge in [-0.25, -0.2) is 5.48 Å². The van der Waals surface area contributed by atoms with E-state index >= 15 is 0 Å². The maximum absolute atomic E-state index is 5.01. The summed E-state index contributed by atoms with van der Waals surface area (Å²) in [6, 6.07) is 0. The largest absolute Gasteiger partial charge is 0.378 e. The van der Waals surface area contributed by atoms with E-state index in [9.17, 15) is 0 Å². The van der Waals surface area contributed by atoms with Crippen molar-refractivity contribution < 1.29 is 9.57 Å². The van der Waals surface area contributed by atoms with Crippen LogP contribution in [-0.4, -0.2) is 26.4 Å². The predicted molar refractivity (Wildman–Crippen MR) is 32.0 cm³/mol. The molecule has 1 rings (SSSR count). The number of halogens is 1. The molecule has 0 aromatic heterocycles. The third kappa shape index (κ3) is 3.21. The summed E-state index contributed by atoms with van der Waals surface area (Å²) in [4.78, 5) is 4.82. The fourth-order valence-electron chi connectivity index (χ4n) is 0.461. The number of hydrogen-bond acceptors (Lipinski definition) is 3. The molecule has 1 aliphatic rings. The SMILES string of the molecule is C1COCCON1.Cl. The zero-order valence-corrected chi connectivity index (χ0v) is 5.37. The number of hydroxylamine groups is 1. The van der Waals surface area contributed by atoms with Crippen LogP contribution in [0.4, 0.5) is 0 Å². The molecular formula is C4H10ClNO2. The van der Waals surface area contributed by atoms with Crippen molar-refractivity contribution in [3.8, 4) is 0 Å². The third-order valence-corrected chi connectivity index (χ3v) is 0.780. The Morgan fingerprint density at radius 3 is 2.88 bits per heavy atom. The molecule has 1 heterocycles. The molecule has 0 aromatic carbocycles. The molecule has 0 atom stereocenters. The van der Waals surface area contributed by atoms with Crippen molar-refractivity contribution >= 4 is 12.4 Å². The van der Waals surface area contributed by atoms with Gasteiger partial charge < -0.3 is 4.74 Å². The van der Waals surface area contributed by atoms with E-state index in [2.05, 4.69) is 5.48 Å². The van der Waals surface area contributed by atoms with Crippen LogP contribution < -0.4 is 5.48 Å². The Hall–Kier alpha value is 0.170. The van der Waals surface area contributed by atoms with Gasteiger partial charge in [0.2, 0.25) is 0 Å². The van der Waals surface area contributed by atoms with Gasteiger partial charge in [0.25, 0.3) is 0 Å². The molecule has 0 saturated carbocycles. The molecule has 0 aliphatic carbocycles. The highest BCUT2D eigenvalue weighted by atomic mass is 35.5. The van der Waals surface area contributed by atoms with Crippen LogP contribution >= 0.6 is 12.4 Å². The van der Waals surface area contributed by atoms with Crippen LogP contribution in [0.3, 0.4) is 0 Å². The molecule has 1 fully saturated rings. The molecule has 0 aromatic rings. The lowest BCUT2D eigenvalue weighted by Crippen LogP contribution is -2.15. The molecule has 0 spiro atoms. The van der Waals surface area contributed by atoms with Gasteiger partial charge in [-0.15, -0.1) is 12.4 Å². The van der Waals surface area contributed by atoms with E-state index in [1.807, 2.05) is 0 Å². The van der Waals surface area contributed by atoms with Gasteiger partial charge in [-0.1, -0.05) is 0 Å². The maximum Gasteiger partial charge on any atom is 0.0916 e. The van der Waals surface area contributed by atoms with Crippen molar-refractivity contribution in [2.24, 2.45) is 0 Å². The van der Waals surface area contributed by atoms with Crippen molar-refractivity contribution in [1.29, 1.82) is 0 Å². The van der Waals surface area contributed by atoms with Crippen LogP contribution in [-0.2, 0) is 9.57 Å². The van der Waals surface area contributed by atoms with Crippen LogP contribution in [0.1, 0.15) is 0 Å². The minimum atomic E-state index is 0. The van der Waals surface area contributed by atoms with Crippen LogP contribution in [0.25, 0.3) is 0 Å². The van der Waals surface area contributed by atoms with Crippen LogP contribution in [0.2, 0.25) is 0 Å². The van der Waals surface area contributed by atoms with Gasteiger partial charge in [0.1, 0.15) is 0 Å². The fraction of sp³-hybridized carbons (Fsp3) is 1.00. The molecule has 50 valence electrons. The smallest absolute Gasteiger partial charge is 0.0916 e. The second kappa shape index (κ2) is 5.31. The monoisotopic (exact) mass is 139 g/mol. The quantitative estimate of drug-likeness (QED) is 0.511. The summed E-state index contributed by atoms with van der Waals surface area (Å²) in [5, 5.41) is 0. The first-order chi connectivity index (χ1) is 3.50. The lowest BCUT2D eigenvalue weighted by atomic mass is 10.7. The van der Waals surface area contributed by atoms with E-state index in [1.165, 1.54) is 0 Å². The Kier molecular flexibility index (Phi) is 5.42. The van der Waals surface area contributed by atoms with Crippen molar-refractivity contribution in [2.75, 3.05) is 26.4 Å². The number of rotatable bonds is 0. The maximum atomic E-state index is 5.01. The van der Waals surface area contributed by atoms with E-state index in [4.69, 9.17) is 9.57 Å². The summed E-state index contributed by atoms with van der Waals surface area (Å²) >= 11 is 0. The number of ether oxygens (including phenoxy) is 1. The van der Waals surface area contributed by atoms with Gasteiger partial charge in [-0.3, -0.25) is 4.84 Å². The molecule has 0 unspecified atom stereocenters. The van der Waals surface area contributed by atoms with E-state index < -0.39 is 0 Å². The summed E-state index contributed by atoms with van der Waals surface area (Å²) in [5.74, 6) is 0. The molecule has 1 saturated heterocycles. The van der Waals surface area contributed by atoms with Crippen LogP contribution in [0, 0.1) is 0 Å². The standard InChI is InChI=1S/C4H9NO2.ClH/c1-2-6-3-4-7-5-1;/h5H,1-4H2;1H. The minimum absolute atomic E-state index is 0. The second-order valence-corrected chi connectivity index (χ2v) is 1.36. The first-order valence-electron chi connectivity index (χ1n) is 2.42. The Labute approximate surface area is 54.7 Å². The zero-order chi connectivity index (χ0) is 4.95. The molecule has 0 bridgehead atoms. The van der Waals surface area contributed by atoms with E-state index in [0.29, 0.717) is 13.2 Å². The Morgan fingerprint density at radius 2 is 2.00 bits per heavy atom. The average Bonchev–Trinajstić information content (AvgIpc) is 1.90. The Bertz CT molecular complexity index is 33.7. The lowest BCUT2D eigenvalue weighted by molar-refractivity contribution is 0.0453. The first-order valence-corrected chi connectivity index (χ1v) is 2.42. The van der Waals surface area contributed by atoms with Crippen molar-refractivity contribution in [3.63, 3.8) is 0 Å². The van der Waals surface area contributed by atoms with E-state index in [-0.39, 0.29) is 12.4 Å². The molecule has 0 radical (unpaired) electrons. The molecule has 4 heteroatoms. The summed E-state index contributed by atoms with van der Waals surface area (Å²) in [6.07, 6.45) is 0. The highest BCUT2D eigenvalue weighted by molar-refractivity contribution is 5.85. The molecular weight excluding hydrogens is 130 g/mol. The third-order valence-electron chi connectivity index (χ3n) is 0.780. The van der Waals surface area contributed by atoms with Gasteiger partial charge in [-0.2, -0.15) is 0 Å². The summed E-state index contributed by atoms with van der Waals surface area (Å²) in [7, 11) is 0. The fourth-order valence-corrected chi connectivity index (χ4v) is 0.461. The summed E-state index contributed by atoms with van der Waals surface area (Å²) in [6.45, 7) is 2.95. The van der Waals surface area contributed by atoms with Crippen LogP contribution in [0.5, 0.6) is 0 Å². The van der Waals surface area contributed by atoms with Gasteiger partial charge >= 0.3 is 0 Å². The predicted octanol–water partition coefficient (Wildman–Crippen LogP) is -0.0404. The van der Waals surface area contributed by atoms with Crippen molar-refractivity contribution in [3.05, 3.63) is 0 Å². The highest BCUT2D eigenvalue weighted by Crippen LogP contribution is 1.79. The summed E-state index contributed by atoms with van der Waals surface area (Å²) in [5.41, 5.74) is 2.72. The number of nitrogens with one attached hydrogen (secondary N) is 1.